The molecule has 0 saturated carbocycles. The van der Waals surface area contributed by atoms with E-state index < -0.39 is 13.7 Å². The molecule has 2 atom stereocenters. The van der Waals surface area contributed by atoms with Gasteiger partial charge in [-0.05, 0) is 12.0 Å². The van der Waals surface area contributed by atoms with Gasteiger partial charge in [0, 0.05) is 18.1 Å². The maximum atomic E-state index is 11.9. The Kier molecular flexibility index (Phi) is 23.3. The molecule has 0 amide bonds. The van der Waals surface area contributed by atoms with Crippen molar-refractivity contribution in [1.29, 1.82) is 0 Å². The maximum Gasteiger partial charge on any atom is 0.135 e. The molecule has 0 aliphatic heterocycles. The first-order valence-electron chi connectivity index (χ1n) is 14.8. The molecule has 0 spiro atoms. The van der Waals surface area contributed by atoms with Crippen molar-refractivity contribution >= 4 is 23.5 Å². The Hall–Kier alpha value is -0.230. The van der Waals surface area contributed by atoms with Gasteiger partial charge in [0.15, 0.2) is 0 Å². The highest BCUT2D eigenvalue weighted by molar-refractivity contribution is 9.09. The number of alkyl halides is 1. The number of ether oxygens (including phenoxy) is 2. The smallest absolute Gasteiger partial charge is 0.135 e. The van der Waals surface area contributed by atoms with Crippen molar-refractivity contribution in [2.45, 2.75) is 122 Å². The van der Waals surface area contributed by atoms with E-state index in [9.17, 15) is 9.46 Å². The second-order valence-electron chi connectivity index (χ2n) is 10.1. The highest BCUT2D eigenvalue weighted by Gasteiger charge is 2.15. The lowest BCUT2D eigenvalue weighted by Gasteiger charge is -2.26. The minimum Gasteiger partial charge on any atom is -0.778 e. The third-order valence-electron chi connectivity index (χ3n) is 6.59. The summed E-state index contributed by atoms with van der Waals surface area (Å²) in [5, 5.41) is 0.360. The lowest BCUT2D eigenvalue weighted by molar-refractivity contribution is -0.201. The van der Waals surface area contributed by atoms with E-state index in [2.05, 4.69) is 22.9 Å². The molecule has 0 radical (unpaired) electrons. The van der Waals surface area contributed by atoms with Crippen molar-refractivity contribution < 1.29 is 23.5 Å². The first kappa shape index (κ1) is 34.8. The molecule has 1 aromatic carbocycles. The molecular formula is C30H53BrO5P-. The fraction of sp³-hybridized carbons (Fsp3) is 0.800. The quantitative estimate of drug-likeness (QED) is 0.0570. The molecule has 0 bridgehead atoms. The molecule has 0 N–H and O–H groups in total. The van der Waals surface area contributed by atoms with Crippen LogP contribution in [-0.2, 0) is 25.2 Å². The SMILES string of the molecule is CCCCCCCCCCCCCCCCCCOCC(COP(=O)([O-])CCBr)OCc1ccccc1. The van der Waals surface area contributed by atoms with E-state index in [1.54, 1.807) is 0 Å². The molecule has 0 aromatic heterocycles. The number of halogens is 1. The lowest BCUT2D eigenvalue weighted by Crippen LogP contribution is -2.27. The summed E-state index contributed by atoms with van der Waals surface area (Å²) in [5.41, 5.74) is 1.04. The highest BCUT2D eigenvalue weighted by Crippen LogP contribution is 2.37. The van der Waals surface area contributed by atoms with Gasteiger partial charge in [0.2, 0.25) is 0 Å². The number of hydrogen-bond acceptors (Lipinski definition) is 5. The third kappa shape index (κ3) is 22.3. The Morgan fingerprint density at radius 1 is 0.784 bits per heavy atom. The topological polar surface area (TPSA) is 67.8 Å². The van der Waals surface area contributed by atoms with Crippen molar-refractivity contribution in [2.24, 2.45) is 0 Å². The number of hydrogen-bond donors (Lipinski definition) is 0. The summed E-state index contributed by atoms with van der Waals surface area (Å²) in [5.74, 6) is 0. The van der Waals surface area contributed by atoms with Crippen LogP contribution in [0, 0.1) is 0 Å². The van der Waals surface area contributed by atoms with E-state index in [-0.39, 0.29) is 12.8 Å². The van der Waals surface area contributed by atoms with E-state index in [0.29, 0.717) is 25.2 Å². The zero-order valence-corrected chi connectivity index (χ0v) is 25.9. The normalized spacial score (nSPS) is 14.0. The van der Waals surface area contributed by atoms with Gasteiger partial charge in [0.25, 0.3) is 0 Å². The summed E-state index contributed by atoms with van der Waals surface area (Å²) in [6.45, 7) is 3.66. The van der Waals surface area contributed by atoms with Crippen LogP contribution in [-0.4, -0.2) is 37.4 Å². The van der Waals surface area contributed by atoms with Crippen LogP contribution in [0.5, 0.6) is 0 Å². The van der Waals surface area contributed by atoms with Crippen molar-refractivity contribution in [3.8, 4) is 0 Å². The minimum atomic E-state index is -3.85. The minimum absolute atomic E-state index is 0.0143. The Morgan fingerprint density at radius 3 is 1.81 bits per heavy atom. The van der Waals surface area contributed by atoms with Crippen LogP contribution in [0.3, 0.4) is 0 Å². The summed E-state index contributed by atoms with van der Waals surface area (Å²) in [6.07, 6.45) is 21.1. The van der Waals surface area contributed by atoms with Crippen molar-refractivity contribution in [2.75, 3.05) is 31.3 Å². The van der Waals surface area contributed by atoms with Gasteiger partial charge in [-0.25, -0.2) is 0 Å². The molecular weight excluding hydrogens is 551 g/mol. The fourth-order valence-corrected chi connectivity index (χ4v) is 6.30. The predicted octanol–water partition coefficient (Wildman–Crippen LogP) is 8.81. The Bertz CT molecular complexity index is 661. The molecule has 7 heteroatoms. The van der Waals surface area contributed by atoms with E-state index in [1.165, 1.54) is 96.3 Å². The molecule has 5 nitrogen and oxygen atoms in total. The van der Waals surface area contributed by atoms with E-state index in [4.69, 9.17) is 14.0 Å². The van der Waals surface area contributed by atoms with Gasteiger partial charge in [0.05, 0.1) is 19.8 Å². The third-order valence-corrected chi connectivity index (χ3v) is 8.91. The molecule has 0 aliphatic rings. The largest absolute Gasteiger partial charge is 0.778 e. The summed E-state index contributed by atoms with van der Waals surface area (Å²) in [4.78, 5) is 11.9. The van der Waals surface area contributed by atoms with Crippen molar-refractivity contribution in [3.63, 3.8) is 0 Å². The Morgan fingerprint density at radius 2 is 1.30 bits per heavy atom. The highest BCUT2D eigenvalue weighted by atomic mass is 79.9. The molecule has 0 saturated heterocycles. The monoisotopic (exact) mass is 603 g/mol. The molecule has 37 heavy (non-hydrogen) atoms. The van der Waals surface area contributed by atoms with Gasteiger partial charge in [-0.2, -0.15) is 0 Å². The van der Waals surface area contributed by atoms with Crippen molar-refractivity contribution in [1.82, 2.24) is 0 Å². The Balaban J connectivity index is 2.03. The van der Waals surface area contributed by atoms with E-state index >= 15 is 0 Å². The van der Waals surface area contributed by atoms with Crippen LogP contribution >= 0.6 is 23.5 Å². The van der Waals surface area contributed by atoms with Crippen molar-refractivity contribution in [3.05, 3.63) is 35.9 Å². The van der Waals surface area contributed by atoms with Crippen LogP contribution in [0.15, 0.2) is 30.3 Å². The molecule has 0 heterocycles. The molecule has 2 unspecified atom stereocenters. The van der Waals surface area contributed by atoms with Gasteiger partial charge < -0.3 is 23.5 Å². The van der Waals surface area contributed by atoms with Gasteiger partial charge in [-0.3, -0.25) is 0 Å². The molecule has 0 fully saturated rings. The van der Waals surface area contributed by atoms with Gasteiger partial charge >= 0.3 is 0 Å². The molecule has 0 aliphatic carbocycles. The van der Waals surface area contributed by atoms with Crippen LogP contribution in [0.25, 0.3) is 0 Å². The van der Waals surface area contributed by atoms with E-state index in [1.807, 2.05) is 30.3 Å². The van der Waals surface area contributed by atoms with Crippen LogP contribution in [0.2, 0.25) is 0 Å². The zero-order valence-electron chi connectivity index (χ0n) is 23.4. The number of rotatable bonds is 27. The molecule has 1 rings (SSSR count). The average molecular weight is 605 g/mol. The zero-order chi connectivity index (χ0) is 26.9. The standard InChI is InChI=1S/C30H54BrO5P/c1-2-3-4-5-6-7-8-9-10-11-12-13-14-15-16-20-24-34-27-30(28-36-37(32,33)25-23-31)35-26-29-21-18-17-19-22-29/h17-19,21-22,30H,2-16,20,23-28H2,1H3,(H,32,33)/p-1. The summed E-state index contributed by atoms with van der Waals surface area (Å²) < 4.78 is 28.8. The summed E-state index contributed by atoms with van der Waals surface area (Å²) in [7, 11) is -3.85. The van der Waals surface area contributed by atoms with Gasteiger partial charge in [0.1, 0.15) is 13.7 Å². The fourth-order valence-electron chi connectivity index (χ4n) is 4.26. The van der Waals surface area contributed by atoms with Gasteiger partial charge in [-0.15, -0.1) is 0 Å². The molecule has 216 valence electrons. The number of benzene rings is 1. The second kappa shape index (κ2) is 24.8. The maximum absolute atomic E-state index is 11.9. The number of unbranched alkanes of at least 4 members (excludes halogenated alkanes) is 15. The van der Waals surface area contributed by atoms with Crippen LogP contribution in [0.1, 0.15) is 115 Å². The van der Waals surface area contributed by atoms with Crippen LogP contribution < -0.4 is 4.89 Å². The first-order chi connectivity index (χ1) is 18.1. The van der Waals surface area contributed by atoms with Crippen LogP contribution in [0.4, 0.5) is 0 Å². The van der Waals surface area contributed by atoms with E-state index in [0.717, 1.165) is 12.0 Å². The summed E-state index contributed by atoms with van der Waals surface area (Å²) >= 11 is 3.15. The predicted molar refractivity (Wildman–Crippen MR) is 158 cm³/mol. The molecule has 1 aromatic rings. The Labute approximate surface area is 236 Å². The average Bonchev–Trinajstić information content (AvgIpc) is 2.89. The summed E-state index contributed by atoms with van der Waals surface area (Å²) in [6, 6.07) is 9.84. The lowest BCUT2D eigenvalue weighted by atomic mass is 10.0. The van der Waals surface area contributed by atoms with Gasteiger partial charge in [-0.1, -0.05) is 149 Å². The first-order valence-corrected chi connectivity index (χ1v) is 17.7. The second-order valence-corrected chi connectivity index (χ2v) is 12.8.